The maximum atomic E-state index is 4.29. The van der Waals surface area contributed by atoms with E-state index in [1.807, 2.05) is 11.6 Å². The second kappa shape index (κ2) is 2.86. The lowest BCUT2D eigenvalue weighted by Gasteiger charge is -2.27. The zero-order chi connectivity index (χ0) is 8.48. The van der Waals surface area contributed by atoms with E-state index in [9.17, 15) is 0 Å². The third kappa shape index (κ3) is 1.27. The molecular weight excluding hydrogens is 154 g/mol. The smallest absolute Gasteiger partial charge is 0.0666 e. The van der Waals surface area contributed by atoms with Crippen LogP contribution in [0.15, 0.2) is 29.8 Å². The quantitative estimate of drug-likeness (QED) is 0.576. The molecule has 1 rings (SSSR count). The molecule has 11 heavy (non-hydrogen) atoms. The van der Waals surface area contributed by atoms with Gasteiger partial charge >= 0.3 is 0 Å². The maximum absolute atomic E-state index is 4.29. The molecule has 0 N–H and O–H groups in total. The molecule has 1 nitrogen and oxygen atoms in total. The highest BCUT2D eigenvalue weighted by Crippen LogP contribution is 2.39. The summed E-state index contributed by atoms with van der Waals surface area (Å²) < 4.78 is 0.0434. The van der Waals surface area contributed by atoms with Crippen molar-refractivity contribution in [2.24, 2.45) is 4.99 Å². The summed E-state index contributed by atoms with van der Waals surface area (Å²) in [4.78, 5) is 4.29. The molecule has 0 saturated heterocycles. The van der Waals surface area contributed by atoms with Crippen molar-refractivity contribution in [3.05, 3.63) is 24.8 Å². The predicted octanol–water partition coefficient (Wildman–Crippen LogP) is 2.65. The van der Waals surface area contributed by atoms with Crippen LogP contribution >= 0.6 is 11.8 Å². The van der Waals surface area contributed by atoms with Crippen molar-refractivity contribution in [3.8, 4) is 0 Å². The van der Waals surface area contributed by atoms with E-state index in [1.54, 1.807) is 11.8 Å². The minimum atomic E-state index is 0.0434. The van der Waals surface area contributed by atoms with Crippen LogP contribution in [0.2, 0.25) is 0 Å². The Balaban J connectivity index is 2.84. The van der Waals surface area contributed by atoms with Gasteiger partial charge in [0.15, 0.2) is 0 Å². The van der Waals surface area contributed by atoms with Crippen LogP contribution in [0.5, 0.6) is 0 Å². The number of hydrogen-bond acceptors (Lipinski definition) is 2. The molecule has 0 fully saturated rings. The Morgan fingerprint density at radius 3 is 2.82 bits per heavy atom. The van der Waals surface area contributed by atoms with E-state index in [1.165, 1.54) is 0 Å². The highest BCUT2D eigenvalue weighted by molar-refractivity contribution is 8.13. The average molecular weight is 167 g/mol. The van der Waals surface area contributed by atoms with Gasteiger partial charge in [-0.05, 0) is 19.4 Å². The topological polar surface area (TPSA) is 12.4 Å². The molecular formula is C9H13NS. The molecule has 1 aliphatic heterocycles. The van der Waals surface area contributed by atoms with Crippen molar-refractivity contribution in [2.75, 3.05) is 0 Å². The van der Waals surface area contributed by atoms with Gasteiger partial charge in [0.25, 0.3) is 0 Å². The normalized spacial score (nSPS) is 35.6. The Hall–Kier alpha value is -0.500. The molecule has 0 spiro atoms. The molecule has 0 aliphatic carbocycles. The SMILES string of the molecule is C=CC(=C)C1(C)SC=NC1C. The van der Waals surface area contributed by atoms with Crippen LogP contribution in [0.25, 0.3) is 0 Å². The van der Waals surface area contributed by atoms with E-state index < -0.39 is 0 Å². The number of thioether (sulfide) groups is 1. The van der Waals surface area contributed by atoms with Gasteiger partial charge in [-0.25, -0.2) is 0 Å². The average Bonchev–Trinajstić information content (AvgIpc) is 2.32. The van der Waals surface area contributed by atoms with Gasteiger partial charge in [-0.3, -0.25) is 4.99 Å². The van der Waals surface area contributed by atoms with Crippen molar-refractivity contribution in [3.63, 3.8) is 0 Å². The van der Waals surface area contributed by atoms with E-state index in [4.69, 9.17) is 0 Å². The van der Waals surface area contributed by atoms with E-state index in [0.29, 0.717) is 6.04 Å². The van der Waals surface area contributed by atoms with E-state index in [-0.39, 0.29) is 4.75 Å². The molecule has 60 valence electrons. The molecule has 0 amide bonds. The van der Waals surface area contributed by atoms with Crippen molar-refractivity contribution >= 4 is 17.3 Å². The van der Waals surface area contributed by atoms with Crippen LogP contribution in [0.4, 0.5) is 0 Å². The zero-order valence-corrected chi connectivity index (χ0v) is 7.82. The van der Waals surface area contributed by atoms with Crippen LogP contribution in [0.3, 0.4) is 0 Å². The Morgan fingerprint density at radius 2 is 2.45 bits per heavy atom. The van der Waals surface area contributed by atoms with Crippen LogP contribution in [0.1, 0.15) is 13.8 Å². The van der Waals surface area contributed by atoms with Gasteiger partial charge in [-0.2, -0.15) is 0 Å². The standard InChI is InChI=1S/C9H13NS/c1-5-7(2)9(4)8(3)10-6-11-9/h5-6,8H,1-2H2,3-4H3. The van der Waals surface area contributed by atoms with Gasteiger partial charge in [0.2, 0.25) is 0 Å². The fourth-order valence-corrected chi connectivity index (χ4v) is 1.97. The molecule has 0 aromatic rings. The summed E-state index contributed by atoms with van der Waals surface area (Å²) >= 11 is 1.72. The van der Waals surface area contributed by atoms with Crippen LogP contribution < -0.4 is 0 Å². The molecule has 2 heteroatoms. The van der Waals surface area contributed by atoms with Gasteiger partial charge in [-0.15, -0.1) is 11.8 Å². The third-order valence-electron chi connectivity index (χ3n) is 2.26. The minimum Gasteiger partial charge on any atom is -0.281 e. The van der Waals surface area contributed by atoms with E-state index >= 15 is 0 Å². The number of nitrogens with zero attached hydrogens (tertiary/aromatic N) is 1. The van der Waals surface area contributed by atoms with Gasteiger partial charge in [-0.1, -0.05) is 19.2 Å². The number of aliphatic imine (C=N–C) groups is 1. The first-order valence-electron chi connectivity index (χ1n) is 3.62. The lowest BCUT2D eigenvalue weighted by Crippen LogP contribution is -2.30. The lowest BCUT2D eigenvalue weighted by atomic mass is 9.95. The van der Waals surface area contributed by atoms with Crippen LogP contribution in [-0.4, -0.2) is 16.3 Å². The fourth-order valence-electron chi connectivity index (χ4n) is 1.02. The molecule has 0 radical (unpaired) electrons. The van der Waals surface area contributed by atoms with E-state index in [0.717, 1.165) is 5.57 Å². The Bertz CT molecular complexity index is 220. The first-order valence-corrected chi connectivity index (χ1v) is 4.50. The highest BCUT2D eigenvalue weighted by atomic mass is 32.2. The third-order valence-corrected chi connectivity index (χ3v) is 3.58. The monoisotopic (exact) mass is 167 g/mol. The molecule has 0 aromatic heterocycles. The minimum absolute atomic E-state index is 0.0434. The highest BCUT2D eigenvalue weighted by Gasteiger charge is 2.36. The molecule has 2 atom stereocenters. The number of allylic oxidation sites excluding steroid dienone is 1. The van der Waals surface area contributed by atoms with Crippen molar-refractivity contribution in [1.29, 1.82) is 0 Å². The molecule has 2 unspecified atom stereocenters. The molecule has 0 bridgehead atoms. The number of rotatable bonds is 2. The molecule has 0 saturated carbocycles. The summed E-state index contributed by atoms with van der Waals surface area (Å²) in [5, 5.41) is 0. The molecule has 1 heterocycles. The van der Waals surface area contributed by atoms with Crippen molar-refractivity contribution in [2.45, 2.75) is 24.6 Å². The molecule has 1 aliphatic rings. The van der Waals surface area contributed by atoms with Gasteiger partial charge in [0.05, 0.1) is 16.3 Å². The largest absolute Gasteiger partial charge is 0.281 e. The maximum Gasteiger partial charge on any atom is 0.0666 e. The summed E-state index contributed by atoms with van der Waals surface area (Å²) in [7, 11) is 0. The second-order valence-corrected chi connectivity index (χ2v) is 4.18. The first kappa shape index (κ1) is 8.60. The summed E-state index contributed by atoms with van der Waals surface area (Å²) in [6, 6.07) is 0.318. The number of hydrogen-bond donors (Lipinski definition) is 0. The van der Waals surface area contributed by atoms with Crippen LogP contribution in [-0.2, 0) is 0 Å². The lowest BCUT2D eigenvalue weighted by molar-refractivity contribution is 0.628. The first-order chi connectivity index (χ1) is 5.11. The zero-order valence-electron chi connectivity index (χ0n) is 7.00. The van der Waals surface area contributed by atoms with Crippen LogP contribution in [0, 0.1) is 0 Å². The Kier molecular flexibility index (Phi) is 2.23. The summed E-state index contributed by atoms with van der Waals surface area (Å²) in [5.41, 5.74) is 2.96. The summed E-state index contributed by atoms with van der Waals surface area (Å²) in [5.74, 6) is 0. The van der Waals surface area contributed by atoms with Crippen molar-refractivity contribution < 1.29 is 0 Å². The molecule has 0 aromatic carbocycles. The van der Waals surface area contributed by atoms with E-state index in [2.05, 4.69) is 32.0 Å². The Labute approximate surface area is 72.3 Å². The summed E-state index contributed by atoms with van der Waals surface area (Å²) in [6.07, 6.45) is 1.82. The summed E-state index contributed by atoms with van der Waals surface area (Å²) in [6.45, 7) is 11.9. The Morgan fingerprint density at radius 1 is 1.82 bits per heavy atom. The van der Waals surface area contributed by atoms with Gasteiger partial charge in [0.1, 0.15) is 0 Å². The van der Waals surface area contributed by atoms with Crippen molar-refractivity contribution in [1.82, 2.24) is 0 Å². The predicted molar refractivity (Wildman–Crippen MR) is 53.3 cm³/mol. The second-order valence-electron chi connectivity index (χ2n) is 2.88. The van der Waals surface area contributed by atoms with Gasteiger partial charge < -0.3 is 0 Å². The van der Waals surface area contributed by atoms with Gasteiger partial charge in [0, 0.05) is 0 Å². The fraction of sp³-hybridized carbons (Fsp3) is 0.444.